The smallest absolute Gasteiger partial charge is 0.247 e. The highest BCUT2D eigenvalue weighted by Gasteiger charge is 2.19. The molecule has 1 aliphatic rings. The van der Waals surface area contributed by atoms with Crippen LogP contribution in [-0.2, 0) is 4.79 Å². The van der Waals surface area contributed by atoms with E-state index in [0.717, 1.165) is 29.2 Å². The van der Waals surface area contributed by atoms with Crippen LogP contribution in [0.2, 0.25) is 0 Å². The molecule has 5 heteroatoms. The summed E-state index contributed by atoms with van der Waals surface area (Å²) in [7, 11) is 0. The van der Waals surface area contributed by atoms with Crippen molar-refractivity contribution in [1.82, 2.24) is 4.90 Å². The van der Waals surface area contributed by atoms with Crippen molar-refractivity contribution >= 4 is 29.1 Å². The molecule has 0 radical (unpaired) electrons. The van der Waals surface area contributed by atoms with Crippen LogP contribution in [0.5, 0.6) is 0 Å². The lowest BCUT2D eigenvalue weighted by molar-refractivity contribution is -0.126. The van der Waals surface area contributed by atoms with Crippen molar-refractivity contribution in [1.29, 1.82) is 0 Å². The van der Waals surface area contributed by atoms with Gasteiger partial charge in [0.2, 0.25) is 5.91 Å². The molecule has 1 aliphatic heterocycles. The number of piperazine rings is 1. The summed E-state index contributed by atoms with van der Waals surface area (Å²) in [6, 6.07) is 17.7. The minimum atomic E-state index is 0.0556. The van der Waals surface area contributed by atoms with E-state index in [1.165, 1.54) is 0 Å². The van der Waals surface area contributed by atoms with Gasteiger partial charge in [0.05, 0.1) is 0 Å². The van der Waals surface area contributed by atoms with Crippen LogP contribution in [0.15, 0.2) is 71.0 Å². The second-order valence-corrected chi connectivity index (χ2v) is 7.13. The summed E-state index contributed by atoms with van der Waals surface area (Å²) in [5.74, 6) is 0.132. The summed E-state index contributed by atoms with van der Waals surface area (Å²) in [5, 5.41) is 1.85. The summed E-state index contributed by atoms with van der Waals surface area (Å²) < 4.78 is 0. The molecule has 0 unspecified atom stereocenters. The lowest BCUT2D eigenvalue weighted by Crippen LogP contribution is -2.48. The Hall–Kier alpha value is -2.53. The number of benzene rings is 2. The summed E-state index contributed by atoms with van der Waals surface area (Å²) in [4.78, 5) is 28.9. The quantitative estimate of drug-likeness (QED) is 0.458. The largest absolute Gasteiger partial charge is 0.368 e. The first-order valence-electron chi connectivity index (χ1n) is 8.66. The molecule has 26 heavy (non-hydrogen) atoms. The lowest BCUT2D eigenvalue weighted by atomic mass is 10.1. The monoisotopic (exact) mass is 366 g/mol. The molecule has 0 spiro atoms. The van der Waals surface area contributed by atoms with Gasteiger partial charge >= 0.3 is 0 Å². The van der Waals surface area contributed by atoms with Gasteiger partial charge in [0.1, 0.15) is 0 Å². The van der Waals surface area contributed by atoms with Gasteiger partial charge in [-0.3, -0.25) is 9.59 Å². The van der Waals surface area contributed by atoms with Crippen LogP contribution < -0.4 is 4.90 Å². The van der Waals surface area contributed by atoms with Gasteiger partial charge in [0.25, 0.3) is 0 Å². The third-order valence-electron chi connectivity index (χ3n) is 4.39. The predicted octanol–water partition coefficient (Wildman–Crippen LogP) is 3.84. The highest BCUT2D eigenvalue weighted by molar-refractivity contribution is 8.02. The Kier molecular flexibility index (Phi) is 6.12. The van der Waals surface area contributed by atoms with Crippen molar-refractivity contribution in [2.24, 2.45) is 0 Å². The topological polar surface area (TPSA) is 40.6 Å². The standard InChI is InChI=1S/C21H22N2O2S/c1-17(24)18-7-9-19(10-8-18)22-12-14-23(15-13-22)21(25)11-16-26-20-5-3-2-4-6-20/h2-11,16H,12-15H2,1H3/b16-11+. The van der Waals surface area contributed by atoms with Crippen LogP contribution in [0.3, 0.4) is 0 Å². The average molecular weight is 366 g/mol. The molecule has 1 heterocycles. The number of thioether (sulfide) groups is 1. The van der Waals surface area contributed by atoms with E-state index in [2.05, 4.69) is 4.90 Å². The Balaban J connectivity index is 1.49. The fraction of sp³-hybridized carbons (Fsp3) is 0.238. The number of carbonyl (C=O) groups is 2. The fourth-order valence-electron chi connectivity index (χ4n) is 2.87. The second kappa shape index (κ2) is 8.72. The molecule has 1 saturated heterocycles. The molecule has 0 N–H and O–H groups in total. The number of hydrogen-bond donors (Lipinski definition) is 0. The van der Waals surface area contributed by atoms with Gasteiger partial charge < -0.3 is 9.80 Å². The number of carbonyl (C=O) groups excluding carboxylic acids is 2. The molecule has 0 atom stereocenters. The highest BCUT2D eigenvalue weighted by Crippen LogP contribution is 2.19. The molecule has 2 aromatic carbocycles. The van der Waals surface area contributed by atoms with Crippen LogP contribution >= 0.6 is 11.8 Å². The molecule has 2 aromatic rings. The van der Waals surface area contributed by atoms with Crippen molar-refractivity contribution in [2.75, 3.05) is 31.1 Å². The van der Waals surface area contributed by atoms with Gasteiger partial charge in [-0.25, -0.2) is 0 Å². The number of amides is 1. The molecule has 4 nitrogen and oxygen atoms in total. The van der Waals surface area contributed by atoms with Crippen LogP contribution in [-0.4, -0.2) is 42.8 Å². The van der Waals surface area contributed by atoms with E-state index < -0.39 is 0 Å². The van der Waals surface area contributed by atoms with Gasteiger partial charge in [-0.15, -0.1) is 0 Å². The molecule has 0 aromatic heterocycles. The molecular formula is C21H22N2O2S. The van der Waals surface area contributed by atoms with Crippen LogP contribution in [0.4, 0.5) is 5.69 Å². The number of ketones is 1. The van der Waals surface area contributed by atoms with E-state index in [0.29, 0.717) is 13.1 Å². The van der Waals surface area contributed by atoms with Crippen molar-refractivity contribution in [3.63, 3.8) is 0 Å². The highest BCUT2D eigenvalue weighted by atomic mass is 32.2. The lowest BCUT2D eigenvalue weighted by Gasteiger charge is -2.35. The van der Waals surface area contributed by atoms with E-state index in [9.17, 15) is 9.59 Å². The molecule has 1 fully saturated rings. The molecular weight excluding hydrogens is 344 g/mol. The zero-order chi connectivity index (χ0) is 18.4. The Bertz CT molecular complexity index is 779. The number of nitrogens with zero attached hydrogens (tertiary/aromatic N) is 2. The molecule has 134 valence electrons. The minimum absolute atomic E-state index is 0.0556. The van der Waals surface area contributed by atoms with Gasteiger partial charge in [-0.05, 0) is 48.7 Å². The maximum Gasteiger partial charge on any atom is 0.247 e. The third kappa shape index (κ3) is 4.76. The minimum Gasteiger partial charge on any atom is -0.368 e. The second-order valence-electron chi connectivity index (χ2n) is 6.15. The summed E-state index contributed by atoms with van der Waals surface area (Å²) in [6.45, 7) is 4.57. The summed E-state index contributed by atoms with van der Waals surface area (Å²) in [6.07, 6.45) is 1.65. The van der Waals surface area contributed by atoms with E-state index in [4.69, 9.17) is 0 Å². The van der Waals surface area contributed by atoms with Crippen molar-refractivity contribution in [2.45, 2.75) is 11.8 Å². The first kappa shape index (κ1) is 18.3. The average Bonchev–Trinajstić information content (AvgIpc) is 2.69. The molecule has 0 saturated carbocycles. The van der Waals surface area contributed by atoms with Crippen LogP contribution in [0.25, 0.3) is 0 Å². The van der Waals surface area contributed by atoms with E-state index in [-0.39, 0.29) is 11.7 Å². The van der Waals surface area contributed by atoms with Gasteiger partial charge in [-0.2, -0.15) is 0 Å². The fourth-order valence-corrected chi connectivity index (χ4v) is 3.52. The van der Waals surface area contributed by atoms with Gasteiger partial charge in [0.15, 0.2) is 5.78 Å². The van der Waals surface area contributed by atoms with Crippen molar-refractivity contribution < 1.29 is 9.59 Å². The van der Waals surface area contributed by atoms with Gasteiger partial charge in [0, 0.05) is 48.4 Å². The Labute approximate surface area is 158 Å². The SMILES string of the molecule is CC(=O)c1ccc(N2CCN(C(=O)/C=C/Sc3ccccc3)CC2)cc1. The number of Topliss-reactive ketones (excluding diaryl/α,β-unsaturated/α-hetero) is 1. The predicted molar refractivity (Wildman–Crippen MR) is 107 cm³/mol. The van der Waals surface area contributed by atoms with E-state index in [1.807, 2.05) is 64.9 Å². The van der Waals surface area contributed by atoms with E-state index >= 15 is 0 Å². The molecule has 1 amide bonds. The maximum absolute atomic E-state index is 12.3. The molecule has 0 bridgehead atoms. The van der Waals surface area contributed by atoms with Crippen LogP contribution in [0.1, 0.15) is 17.3 Å². The third-order valence-corrected chi connectivity index (χ3v) is 5.20. The van der Waals surface area contributed by atoms with E-state index in [1.54, 1.807) is 24.8 Å². The van der Waals surface area contributed by atoms with Crippen molar-refractivity contribution in [3.8, 4) is 0 Å². The van der Waals surface area contributed by atoms with Crippen LogP contribution in [0, 0.1) is 0 Å². The zero-order valence-corrected chi connectivity index (χ0v) is 15.6. The summed E-state index contributed by atoms with van der Waals surface area (Å²) in [5.41, 5.74) is 1.82. The number of rotatable bonds is 5. The normalized spacial score (nSPS) is 14.7. The first-order chi connectivity index (χ1) is 12.6. The Morgan fingerprint density at radius 1 is 0.923 bits per heavy atom. The molecule has 0 aliphatic carbocycles. The molecule has 3 rings (SSSR count). The van der Waals surface area contributed by atoms with Crippen molar-refractivity contribution in [3.05, 3.63) is 71.6 Å². The number of hydrogen-bond acceptors (Lipinski definition) is 4. The van der Waals surface area contributed by atoms with Gasteiger partial charge in [-0.1, -0.05) is 30.0 Å². The Morgan fingerprint density at radius 2 is 1.58 bits per heavy atom. The first-order valence-corrected chi connectivity index (χ1v) is 9.54. The Morgan fingerprint density at radius 3 is 2.19 bits per heavy atom. The summed E-state index contributed by atoms with van der Waals surface area (Å²) >= 11 is 1.55. The number of anilines is 1. The maximum atomic E-state index is 12.3. The zero-order valence-electron chi connectivity index (χ0n) is 14.8.